The van der Waals surface area contributed by atoms with Crippen molar-refractivity contribution in [2.24, 2.45) is 0 Å². The molecule has 0 aliphatic carbocycles. The largest absolute Gasteiger partial charge is 0.481 e. The van der Waals surface area contributed by atoms with Crippen molar-refractivity contribution >= 4 is 5.78 Å². The maximum absolute atomic E-state index is 12.3. The van der Waals surface area contributed by atoms with Gasteiger partial charge in [0, 0.05) is 23.4 Å². The fourth-order valence-electron chi connectivity index (χ4n) is 2.65. The molecule has 0 atom stereocenters. The molecule has 0 bridgehead atoms. The maximum Gasteiger partial charge on any atom is 0.387 e. The first-order chi connectivity index (χ1) is 13.1. The summed E-state index contributed by atoms with van der Waals surface area (Å²) >= 11 is 0. The van der Waals surface area contributed by atoms with E-state index in [0.29, 0.717) is 17.4 Å². The van der Waals surface area contributed by atoms with Crippen molar-refractivity contribution in [2.75, 3.05) is 7.11 Å². The average molecular weight is 369 g/mol. The summed E-state index contributed by atoms with van der Waals surface area (Å²) in [5.41, 5.74) is 2.90. The fourth-order valence-corrected chi connectivity index (χ4v) is 2.65. The second-order valence-corrected chi connectivity index (χ2v) is 5.49. The third kappa shape index (κ3) is 3.39. The molecule has 0 N–H and O–H groups in total. The van der Waals surface area contributed by atoms with Crippen molar-refractivity contribution in [3.63, 3.8) is 0 Å². The third-order valence-electron chi connectivity index (χ3n) is 3.87. The van der Waals surface area contributed by atoms with Crippen LogP contribution in [0.3, 0.4) is 0 Å². The molecule has 4 aromatic rings. The number of ether oxygens (including phenoxy) is 2. The molecule has 4 rings (SSSR count). The topological polar surface area (TPSA) is 74.4 Å². The van der Waals surface area contributed by atoms with E-state index in [0.717, 1.165) is 16.8 Å². The standard InChI is InChI=1S/C18H13F2N5O2/c1-26-16-8-12(6-7-21-16)15-9-14(24-18-22-10-23-25(15)18)11-2-4-13(5-3-11)27-17(19)20/h2-10,17H,1H3. The highest BCUT2D eigenvalue weighted by atomic mass is 19.3. The summed E-state index contributed by atoms with van der Waals surface area (Å²) in [6.45, 7) is -2.87. The highest BCUT2D eigenvalue weighted by Crippen LogP contribution is 2.28. The highest BCUT2D eigenvalue weighted by molar-refractivity contribution is 5.71. The Morgan fingerprint density at radius 2 is 1.81 bits per heavy atom. The Bertz CT molecular complexity index is 1080. The van der Waals surface area contributed by atoms with Gasteiger partial charge >= 0.3 is 6.61 Å². The number of halogens is 2. The van der Waals surface area contributed by atoms with Gasteiger partial charge < -0.3 is 9.47 Å². The first kappa shape index (κ1) is 16.8. The van der Waals surface area contributed by atoms with E-state index < -0.39 is 6.61 Å². The van der Waals surface area contributed by atoms with Gasteiger partial charge in [0.2, 0.25) is 5.88 Å². The molecule has 136 valence electrons. The van der Waals surface area contributed by atoms with Gasteiger partial charge in [-0.3, -0.25) is 0 Å². The molecular weight excluding hydrogens is 356 g/mol. The number of methoxy groups -OCH3 is 1. The Morgan fingerprint density at radius 3 is 2.56 bits per heavy atom. The van der Waals surface area contributed by atoms with Crippen LogP contribution in [-0.2, 0) is 0 Å². The number of alkyl halides is 2. The number of rotatable bonds is 5. The molecule has 1 aromatic carbocycles. The maximum atomic E-state index is 12.3. The Labute approximate surface area is 152 Å². The van der Waals surface area contributed by atoms with Gasteiger partial charge in [0.05, 0.1) is 18.5 Å². The Balaban J connectivity index is 1.80. The lowest BCUT2D eigenvalue weighted by atomic mass is 10.1. The van der Waals surface area contributed by atoms with Crippen LogP contribution < -0.4 is 9.47 Å². The Kier molecular flexibility index (Phi) is 4.33. The van der Waals surface area contributed by atoms with Crippen molar-refractivity contribution in [2.45, 2.75) is 6.61 Å². The molecule has 9 heteroatoms. The first-order valence-corrected chi connectivity index (χ1v) is 7.90. The molecular formula is C18H13F2N5O2. The van der Waals surface area contributed by atoms with Crippen LogP contribution in [0.5, 0.6) is 11.6 Å². The van der Waals surface area contributed by atoms with E-state index in [-0.39, 0.29) is 5.75 Å². The van der Waals surface area contributed by atoms with Gasteiger partial charge in [-0.1, -0.05) is 0 Å². The van der Waals surface area contributed by atoms with Crippen LogP contribution in [0.2, 0.25) is 0 Å². The lowest BCUT2D eigenvalue weighted by Crippen LogP contribution is -2.02. The predicted molar refractivity (Wildman–Crippen MR) is 92.6 cm³/mol. The van der Waals surface area contributed by atoms with E-state index in [4.69, 9.17) is 4.74 Å². The minimum Gasteiger partial charge on any atom is -0.481 e. The SMILES string of the molecule is COc1cc(-c2cc(-c3ccc(OC(F)F)cc3)nc3ncnn23)ccn1. The number of hydrogen-bond acceptors (Lipinski definition) is 6. The van der Waals surface area contributed by atoms with Crippen LogP contribution in [0.4, 0.5) is 8.78 Å². The lowest BCUT2D eigenvalue weighted by Gasteiger charge is -2.09. The van der Waals surface area contributed by atoms with E-state index in [1.165, 1.54) is 25.6 Å². The summed E-state index contributed by atoms with van der Waals surface area (Å²) in [6, 6.07) is 11.7. The zero-order chi connectivity index (χ0) is 18.8. The summed E-state index contributed by atoms with van der Waals surface area (Å²) < 4.78 is 35.8. The van der Waals surface area contributed by atoms with Gasteiger partial charge in [-0.15, -0.1) is 0 Å². The zero-order valence-corrected chi connectivity index (χ0v) is 14.1. The molecule has 0 fully saturated rings. The lowest BCUT2D eigenvalue weighted by molar-refractivity contribution is -0.0498. The van der Waals surface area contributed by atoms with Gasteiger partial charge in [0.15, 0.2) is 0 Å². The molecule has 0 spiro atoms. The summed E-state index contributed by atoms with van der Waals surface area (Å²) in [4.78, 5) is 12.7. The molecule has 0 unspecified atom stereocenters. The normalized spacial score (nSPS) is 11.1. The third-order valence-corrected chi connectivity index (χ3v) is 3.87. The summed E-state index contributed by atoms with van der Waals surface area (Å²) in [5.74, 6) is 0.954. The van der Waals surface area contributed by atoms with Gasteiger partial charge in [-0.2, -0.15) is 23.4 Å². The molecule has 0 saturated carbocycles. The molecule has 3 heterocycles. The minimum absolute atomic E-state index is 0.0800. The van der Waals surface area contributed by atoms with Crippen LogP contribution in [-0.4, -0.2) is 38.3 Å². The summed E-state index contributed by atoms with van der Waals surface area (Å²) in [6.07, 6.45) is 3.04. The monoisotopic (exact) mass is 369 g/mol. The van der Waals surface area contributed by atoms with E-state index in [9.17, 15) is 8.78 Å². The minimum atomic E-state index is -2.87. The van der Waals surface area contributed by atoms with Gasteiger partial charge in [-0.05, 0) is 36.4 Å². The number of aromatic nitrogens is 5. The zero-order valence-electron chi connectivity index (χ0n) is 14.1. The highest BCUT2D eigenvalue weighted by Gasteiger charge is 2.12. The van der Waals surface area contributed by atoms with Gasteiger partial charge in [0.25, 0.3) is 5.78 Å². The number of fused-ring (bicyclic) bond motifs is 1. The molecule has 0 radical (unpaired) electrons. The average Bonchev–Trinajstić information content (AvgIpc) is 3.16. The van der Waals surface area contributed by atoms with E-state index >= 15 is 0 Å². The first-order valence-electron chi connectivity index (χ1n) is 7.90. The van der Waals surface area contributed by atoms with Crippen molar-refractivity contribution in [1.29, 1.82) is 0 Å². The molecule has 27 heavy (non-hydrogen) atoms. The van der Waals surface area contributed by atoms with E-state index in [2.05, 4.69) is 24.8 Å². The van der Waals surface area contributed by atoms with Crippen LogP contribution in [0.15, 0.2) is 55.0 Å². The van der Waals surface area contributed by atoms with Crippen molar-refractivity contribution in [3.8, 4) is 34.1 Å². The Morgan fingerprint density at radius 1 is 1.00 bits per heavy atom. The Hall–Kier alpha value is -3.62. The van der Waals surface area contributed by atoms with Crippen LogP contribution >= 0.6 is 0 Å². The number of pyridine rings is 1. The number of hydrogen-bond donors (Lipinski definition) is 0. The van der Waals surface area contributed by atoms with Crippen molar-refractivity contribution in [3.05, 3.63) is 55.0 Å². The van der Waals surface area contributed by atoms with Crippen molar-refractivity contribution in [1.82, 2.24) is 24.6 Å². The van der Waals surface area contributed by atoms with E-state index in [1.807, 2.05) is 12.1 Å². The van der Waals surface area contributed by atoms with Crippen LogP contribution in [0, 0.1) is 0 Å². The molecule has 0 aliphatic rings. The fraction of sp³-hybridized carbons (Fsp3) is 0.111. The van der Waals surface area contributed by atoms with Crippen LogP contribution in [0.25, 0.3) is 28.3 Å². The molecule has 3 aromatic heterocycles. The number of nitrogens with zero attached hydrogens (tertiary/aromatic N) is 5. The molecule has 0 amide bonds. The second kappa shape index (κ2) is 6.94. The quantitative estimate of drug-likeness (QED) is 0.536. The summed E-state index contributed by atoms with van der Waals surface area (Å²) in [7, 11) is 1.54. The predicted octanol–water partition coefficient (Wildman–Crippen LogP) is 3.46. The second-order valence-electron chi connectivity index (χ2n) is 5.49. The van der Waals surface area contributed by atoms with Gasteiger partial charge in [-0.25, -0.2) is 9.97 Å². The van der Waals surface area contributed by atoms with E-state index in [1.54, 1.807) is 28.9 Å². The van der Waals surface area contributed by atoms with Crippen molar-refractivity contribution < 1.29 is 18.3 Å². The number of benzene rings is 1. The smallest absolute Gasteiger partial charge is 0.387 e. The molecule has 0 aliphatic heterocycles. The molecule has 7 nitrogen and oxygen atoms in total. The van der Waals surface area contributed by atoms with Crippen LogP contribution in [0.1, 0.15) is 0 Å². The van der Waals surface area contributed by atoms with Gasteiger partial charge in [0.1, 0.15) is 12.1 Å². The summed E-state index contributed by atoms with van der Waals surface area (Å²) in [5, 5.41) is 4.21. The molecule has 0 saturated heterocycles.